The van der Waals surface area contributed by atoms with Crippen molar-refractivity contribution in [1.82, 2.24) is 5.32 Å². The van der Waals surface area contributed by atoms with Crippen molar-refractivity contribution in [3.63, 3.8) is 0 Å². The van der Waals surface area contributed by atoms with Gasteiger partial charge in [0.2, 0.25) is 0 Å². The third kappa shape index (κ3) is 4.22. The van der Waals surface area contributed by atoms with Crippen LogP contribution in [-0.4, -0.2) is 24.4 Å². The van der Waals surface area contributed by atoms with Crippen molar-refractivity contribution in [2.45, 2.75) is 46.2 Å². The van der Waals surface area contributed by atoms with E-state index < -0.39 is 0 Å². The Balaban J connectivity index is 1.98. The van der Waals surface area contributed by atoms with Gasteiger partial charge in [0, 0.05) is 25.1 Å². The Bertz CT molecular complexity index is 404. The van der Waals surface area contributed by atoms with Crippen LogP contribution in [0.5, 0.6) is 5.75 Å². The molecule has 1 aromatic carbocycles. The Morgan fingerprint density at radius 1 is 1.32 bits per heavy atom. The summed E-state index contributed by atoms with van der Waals surface area (Å²) in [5.41, 5.74) is 3.68. The van der Waals surface area contributed by atoms with Crippen molar-refractivity contribution in [3.05, 3.63) is 28.8 Å². The Morgan fingerprint density at radius 3 is 2.47 bits per heavy atom. The summed E-state index contributed by atoms with van der Waals surface area (Å²) in [5.74, 6) is 1.14. The molecule has 1 aliphatic rings. The summed E-state index contributed by atoms with van der Waals surface area (Å²) >= 11 is 0. The van der Waals surface area contributed by atoms with Gasteiger partial charge in [0.05, 0.1) is 6.61 Å². The molecule has 1 atom stereocenters. The molecular formula is C16H25NO2. The number of hydrogen-bond acceptors (Lipinski definition) is 3. The van der Waals surface area contributed by atoms with Gasteiger partial charge >= 0.3 is 0 Å². The topological polar surface area (TPSA) is 41.5 Å². The number of rotatable bonds is 7. The van der Waals surface area contributed by atoms with Crippen LogP contribution in [0.15, 0.2) is 12.1 Å². The maximum atomic E-state index is 9.04. The van der Waals surface area contributed by atoms with Crippen molar-refractivity contribution < 1.29 is 9.84 Å². The predicted molar refractivity (Wildman–Crippen MR) is 77.5 cm³/mol. The van der Waals surface area contributed by atoms with Gasteiger partial charge in [0.1, 0.15) is 5.75 Å². The first-order chi connectivity index (χ1) is 9.10. The highest BCUT2D eigenvalue weighted by molar-refractivity contribution is 5.43. The van der Waals surface area contributed by atoms with Crippen LogP contribution >= 0.6 is 0 Å². The Hall–Kier alpha value is -1.06. The molecule has 0 radical (unpaired) electrons. The fourth-order valence-corrected chi connectivity index (χ4v) is 2.20. The standard InChI is InChI=1S/C16H25NO2/c1-11(9-18)10-19-16-12(2)6-14(7-13(16)3)8-17-15-4-5-15/h6-7,11,15,17-18H,4-5,8-10H2,1-3H3. The van der Waals surface area contributed by atoms with Gasteiger partial charge in [0.25, 0.3) is 0 Å². The SMILES string of the molecule is Cc1cc(CNC2CC2)cc(C)c1OCC(C)CO. The van der Waals surface area contributed by atoms with E-state index in [1.54, 1.807) is 0 Å². The highest BCUT2D eigenvalue weighted by Crippen LogP contribution is 2.26. The summed E-state index contributed by atoms with van der Waals surface area (Å²) in [6.45, 7) is 7.84. The summed E-state index contributed by atoms with van der Waals surface area (Å²) in [5, 5.41) is 12.6. The number of aryl methyl sites for hydroxylation is 2. The van der Waals surface area contributed by atoms with Gasteiger partial charge in [-0.2, -0.15) is 0 Å². The van der Waals surface area contributed by atoms with E-state index in [0.29, 0.717) is 6.61 Å². The van der Waals surface area contributed by atoms with Crippen LogP contribution in [0.1, 0.15) is 36.5 Å². The lowest BCUT2D eigenvalue weighted by molar-refractivity contribution is 0.173. The molecule has 106 valence electrons. The van der Waals surface area contributed by atoms with Crippen LogP contribution in [0, 0.1) is 19.8 Å². The first kappa shape index (κ1) is 14.4. The molecule has 3 nitrogen and oxygen atoms in total. The Labute approximate surface area is 116 Å². The summed E-state index contributed by atoms with van der Waals surface area (Å²) in [4.78, 5) is 0. The van der Waals surface area contributed by atoms with Crippen LogP contribution < -0.4 is 10.1 Å². The Kier molecular flexibility index (Phi) is 4.83. The molecule has 0 saturated heterocycles. The molecule has 0 aromatic heterocycles. The van der Waals surface area contributed by atoms with E-state index in [9.17, 15) is 0 Å². The maximum Gasteiger partial charge on any atom is 0.125 e. The van der Waals surface area contributed by atoms with Crippen LogP contribution in [0.4, 0.5) is 0 Å². The molecule has 2 N–H and O–H groups in total. The normalized spacial score (nSPS) is 16.4. The quantitative estimate of drug-likeness (QED) is 0.794. The average Bonchev–Trinajstić information content (AvgIpc) is 3.19. The molecule has 0 amide bonds. The predicted octanol–water partition coefficient (Wildman–Crippen LogP) is 2.56. The molecule has 0 spiro atoms. The lowest BCUT2D eigenvalue weighted by Gasteiger charge is -2.16. The number of hydrogen-bond donors (Lipinski definition) is 2. The first-order valence-corrected chi connectivity index (χ1v) is 7.17. The second-order valence-electron chi connectivity index (χ2n) is 5.81. The molecule has 0 bridgehead atoms. The van der Waals surface area contributed by atoms with Gasteiger partial charge in [-0.3, -0.25) is 0 Å². The highest BCUT2D eigenvalue weighted by Gasteiger charge is 2.20. The van der Waals surface area contributed by atoms with Crippen molar-refractivity contribution >= 4 is 0 Å². The van der Waals surface area contributed by atoms with Gasteiger partial charge < -0.3 is 15.2 Å². The lowest BCUT2D eigenvalue weighted by atomic mass is 10.1. The van der Waals surface area contributed by atoms with Crippen molar-refractivity contribution in [3.8, 4) is 5.75 Å². The van der Waals surface area contributed by atoms with E-state index in [1.165, 1.54) is 29.5 Å². The monoisotopic (exact) mass is 263 g/mol. The van der Waals surface area contributed by atoms with Gasteiger partial charge in [-0.25, -0.2) is 0 Å². The molecule has 19 heavy (non-hydrogen) atoms. The van der Waals surface area contributed by atoms with Gasteiger partial charge in [-0.05, 0) is 43.4 Å². The van der Waals surface area contributed by atoms with Crippen molar-refractivity contribution in [2.75, 3.05) is 13.2 Å². The zero-order chi connectivity index (χ0) is 13.8. The number of nitrogens with one attached hydrogen (secondary N) is 1. The molecule has 2 rings (SSSR count). The van der Waals surface area contributed by atoms with E-state index >= 15 is 0 Å². The van der Waals surface area contributed by atoms with Crippen LogP contribution in [-0.2, 0) is 6.54 Å². The lowest BCUT2D eigenvalue weighted by Crippen LogP contribution is -2.16. The van der Waals surface area contributed by atoms with Crippen LogP contribution in [0.3, 0.4) is 0 Å². The minimum Gasteiger partial charge on any atom is -0.493 e. The average molecular weight is 263 g/mol. The van der Waals surface area contributed by atoms with Crippen molar-refractivity contribution in [2.24, 2.45) is 5.92 Å². The van der Waals surface area contributed by atoms with Gasteiger partial charge in [-0.15, -0.1) is 0 Å². The molecule has 0 aliphatic heterocycles. The van der Waals surface area contributed by atoms with E-state index in [4.69, 9.17) is 9.84 Å². The largest absolute Gasteiger partial charge is 0.493 e. The molecule has 1 aromatic rings. The molecule has 0 heterocycles. The number of aliphatic hydroxyl groups excluding tert-OH is 1. The molecule has 3 heteroatoms. The van der Waals surface area contributed by atoms with Gasteiger partial charge in [0.15, 0.2) is 0 Å². The fraction of sp³-hybridized carbons (Fsp3) is 0.625. The summed E-state index contributed by atoms with van der Waals surface area (Å²) in [7, 11) is 0. The molecule has 1 unspecified atom stereocenters. The maximum absolute atomic E-state index is 9.04. The molecule has 1 fully saturated rings. The number of aliphatic hydroxyl groups is 1. The van der Waals surface area contributed by atoms with Crippen molar-refractivity contribution in [1.29, 1.82) is 0 Å². The summed E-state index contributed by atoms with van der Waals surface area (Å²) in [6.07, 6.45) is 2.64. The number of ether oxygens (including phenoxy) is 1. The van der Waals surface area contributed by atoms with E-state index in [2.05, 4.69) is 31.3 Å². The van der Waals surface area contributed by atoms with E-state index in [-0.39, 0.29) is 12.5 Å². The van der Waals surface area contributed by atoms with Crippen LogP contribution in [0.25, 0.3) is 0 Å². The molecule has 1 aliphatic carbocycles. The zero-order valence-electron chi connectivity index (χ0n) is 12.2. The van der Waals surface area contributed by atoms with Gasteiger partial charge in [-0.1, -0.05) is 19.1 Å². The van der Waals surface area contributed by atoms with E-state index in [1.807, 2.05) is 6.92 Å². The highest BCUT2D eigenvalue weighted by atomic mass is 16.5. The minimum atomic E-state index is 0.168. The Morgan fingerprint density at radius 2 is 1.95 bits per heavy atom. The molecular weight excluding hydrogens is 238 g/mol. The fourth-order valence-electron chi connectivity index (χ4n) is 2.20. The van der Waals surface area contributed by atoms with Crippen LogP contribution in [0.2, 0.25) is 0 Å². The first-order valence-electron chi connectivity index (χ1n) is 7.17. The third-order valence-corrected chi connectivity index (χ3v) is 3.52. The van der Waals surface area contributed by atoms with E-state index in [0.717, 1.165) is 18.3 Å². The zero-order valence-corrected chi connectivity index (χ0v) is 12.2. The smallest absolute Gasteiger partial charge is 0.125 e. The minimum absolute atomic E-state index is 0.168. The second kappa shape index (κ2) is 6.40. The molecule has 1 saturated carbocycles. The third-order valence-electron chi connectivity index (χ3n) is 3.52. The summed E-state index contributed by atoms with van der Waals surface area (Å²) in [6, 6.07) is 5.13. The summed E-state index contributed by atoms with van der Waals surface area (Å²) < 4.78 is 5.83. The second-order valence-corrected chi connectivity index (χ2v) is 5.81. The number of benzene rings is 1.